The maximum Gasteiger partial charge on any atom is 0.240 e. The lowest BCUT2D eigenvalue weighted by atomic mass is 9.85. The maximum atomic E-state index is 12.5. The van der Waals surface area contributed by atoms with Crippen molar-refractivity contribution >= 4 is 11.8 Å². The van der Waals surface area contributed by atoms with Crippen molar-refractivity contribution in [2.45, 2.75) is 38.1 Å². The van der Waals surface area contributed by atoms with E-state index < -0.39 is 0 Å². The van der Waals surface area contributed by atoms with Gasteiger partial charge in [0.1, 0.15) is 0 Å². The number of nitrogens with zero attached hydrogens (tertiary/aromatic N) is 1. The molecule has 0 spiro atoms. The molecule has 1 aromatic rings. The Morgan fingerprint density at radius 2 is 2.04 bits per heavy atom. The molecule has 130 valence electrons. The Kier molecular flexibility index (Phi) is 5.86. The predicted octanol–water partition coefficient (Wildman–Crippen LogP) is 1.34. The number of rotatable bonds is 7. The molecule has 1 aliphatic heterocycles. The molecule has 1 saturated carbocycles. The Morgan fingerprint density at radius 3 is 2.75 bits per heavy atom. The first-order valence-electron chi connectivity index (χ1n) is 9.05. The Bertz CT molecular complexity index is 557. The van der Waals surface area contributed by atoms with Crippen molar-refractivity contribution in [1.82, 2.24) is 15.5 Å². The summed E-state index contributed by atoms with van der Waals surface area (Å²) in [6, 6.07) is 9.72. The average molecular weight is 329 g/mol. The molecule has 0 bridgehead atoms. The second kappa shape index (κ2) is 8.29. The molecule has 0 aromatic heterocycles. The molecule has 1 saturated heterocycles. The van der Waals surface area contributed by atoms with E-state index in [1.807, 2.05) is 23.1 Å². The van der Waals surface area contributed by atoms with E-state index in [0.717, 1.165) is 26.1 Å². The smallest absolute Gasteiger partial charge is 0.240 e. The predicted molar refractivity (Wildman–Crippen MR) is 93.5 cm³/mol. The van der Waals surface area contributed by atoms with E-state index in [4.69, 9.17) is 0 Å². The van der Waals surface area contributed by atoms with Crippen molar-refractivity contribution in [3.05, 3.63) is 35.9 Å². The molecule has 5 nitrogen and oxygen atoms in total. The van der Waals surface area contributed by atoms with Gasteiger partial charge in [-0.15, -0.1) is 0 Å². The van der Waals surface area contributed by atoms with Crippen LogP contribution in [0, 0.1) is 5.92 Å². The molecule has 2 amide bonds. The molecular formula is C19H27N3O2. The normalized spacial score (nSPS) is 21.4. The molecule has 2 N–H and O–H groups in total. The third-order valence-electron chi connectivity index (χ3n) is 5.05. The van der Waals surface area contributed by atoms with Gasteiger partial charge in [0, 0.05) is 26.2 Å². The fourth-order valence-electron chi connectivity index (χ4n) is 3.37. The molecular weight excluding hydrogens is 302 g/mol. The summed E-state index contributed by atoms with van der Waals surface area (Å²) in [5, 5.41) is 6.12. The van der Waals surface area contributed by atoms with Gasteiger partial charge in [0.25, 0.3) is 0 Å². The zero-order valence-electron chi connectivity index (χ0n) is 14.2. The Hall–Kier alpha value is -1.88. The van der Waals surface area contributed by atoms with Crippen LogP contribution >= 0.6 is 0 Å². The summed E-state index contributed by atoms with van der Waals surface area (Å²) in [5.74, 6) is 0.709. The van der Waals surface area contributed by atoms with Crippen LogP contribution in [0.2, 0.25) is 0 Å². The number of carbonyl (C=O) groups excluding carboxylic acids is 2. The highest BCUT2D eigenvalue weighted by molar-refractivity contribution is 5.88. The summed E-state index contributed by atoms with van der Waals surface area (Å²) in [6.07, 6.45) is 4.81. The van der Waals surface area contributed by atoms with E-state index in [1.54, 1.807) is 0 Å². The van der Waals surface area contributed by atoms with Crippen molar-refractivity contribution in [3.63, 3.8) is 0 Å². The lowest BCUT2D eigenvalue weighted by molar-refractivity contribution is -0.139. The number of amides is 2. The minimum absolute atomic E-state index is 0.0534. The molecule has 3 rings (SSSR count). The second-order valence-corrected chi connectivity index (χ2v) is 6.88. The molecule has 1 atom stereocenters. The molecule has 2 fully saturated rings. The van der Waals surface area contributed by atoms with Crippen molar-refractivity contribution < 1.29 is 9.59 Å². The monoisotopic (exact) mass is 329 g/mol. The third-order valence-corrected chi connectivity index (χ3v) is 5.05. The quantitative estimate of drug-likeness (QED) is 0.793. The van der Waals surface area contributed by atoms with Crippen LogP contribution < -0.4 is 10.6 Å². The van der Waals surface area contributed by atoms with Crippen LogP contribution in [-0.4, -0.2) is 48.9 Å². The third kappa shape index (κ3) is 4.57. The van der Waals surface area contributed by atoms with Crippen LogP contribution in [0.3, 0.4) is 0 Å². The first kappa shape index (κ1) is 17.0. The first-order valence-corrected chi connectivity index (χ1v) is 9.05. The van der Waals surface area contributed by atoms with Crippen LogP contribution in [0.1, 0.15) is 31.2 Å². The number of piperazine rings is 1. The van der Waals surface area contributed by atoms with E-state index in [-0.39, 0.29) is 24.3 Å². The van der Waals surface area contributed by atoms with Gasteiger partial charge in [-0.3, -0.25) is 9.59 Å². The topological polar surface area (TPSA) is 61.4 Å². The summed E-state index contributed by atoms with van der Waals surface area (Å²) in [6.45, 7) is 3.02. The van der Waals surface area contributed by atoms with Crippen LogP contribution in [0.4, 0.5) is 0 Å². The minimum atomic E-state index is -0.365. The van der Waals surface area contributed by atoms with Gasteiger partial charge in [0.2, 0.25) is 11.8 Å². The summed E-state index contributed by atoms with van der Waals surface area (Å²) < 4.78 is 0. The van der Waals surface area contributed by atoms with Crippen LogP contribution in [-0.2, 0) is 16.0 Å². The van der Waals surface area contributed by atoms with Gasteiger partial charge in [0.15, 0.2) is 0 Å². The molecule has 1 heterocycles. The van der Waals surface area contributed by atoms with E-state index in [9.17, 15) is 9.59 Å². The molecule has 1 aliphatic carbocycles. The molecule has 2 aliphatic rings. The van der Waals surface area contributed by atoms with Crippen LogP contribution in [0.15, 0.2) is 30.3 Å². The van der Waals surface area contributed by atoms with Gasteiger partial charge < -0.3 is 15.5 Å². The molecule has 1 unspecified atom stereocenters. The van der Waals surface area contributed by atoms with Crippen molar-refractivity contribution in [1.29, 1.82) is 0 Å². The number of nitrogens with one attached hydrogen (secondary N) is 2. The van der Waals surface area contributed by atoms with E-state index in [0.29, 0.717) is 12.5 Å². The summed E-state index contributed by atoms with van der Waals surface area (Å²) in [7, 11) is 0. The SMILES string of the molecule is O=C(CC1NCCN(CC2CCC2)C1=O)NCCc1ccccc1. The van der Waals surface area contributed by atoms with Gasteiger partial charge in [0.05, 0.1) is 12.5 Å². The lowest BCUT2D eigenvalue weighted by Gasteiger charge is -2.37. The number of carbonyl (C=O) groups is 2. The van der Waals surface area contributed by atoms with Crippen molar-refractivity contribution in [2.75, 3.05) is 26.2 Å². The van der Waals surface area contributed by atoms with Crippen LogP contribution in [0.25, 0.3) is 0 Å². The number of hydrogen-bond donors (Lipinski definition) is 2. The molecule has 24 heavy (non-hydrogen) atoms. The van der Waals surface area contributed by atoms with Gasteiger partial charge in [-0.1, -0.05) is 36.8 Å². The molecule has 0 radical (unpaired) electrons. The second-order valence-electron chi connectivity index (χ2n) is 6.88. The van der Waals surface area contributed by atoms with E-state index in [1.165, 1.54) is 24.8 Å². The Labute approximate surface area is 143 Å². The highest BCUT2D eigenvalue weighted by atomic mass is 16.2. The van der Waals surface area contributed by atoms with E-state index in [2.05, 4.69) is 22.8 Å². The minimum Gasteiger partial charge on any atom is -0.356 e. The van der Waals surface area contributed by atoms with Crippen LogP contribution in [0.5, 0.6) is 0 Å². The summed E-state index contributed by atoms with van der Waals surface area (Å²) >= 11 is 0. The van der Waals surface area contributed by atoms with Crippen molar-refractivity contribution in [2.24, 2.45) is 5.92 Å². The largest absolute Gasteiger partial charge is 0.356 e. The van der Waals surface area contributed by atoms with Gasteiger partial charge >= 0.3 is 0 Å². The summed E-state index contributed by atoms with van der Waals surface area (Å²) in [4.78, 5) is 26.6. The average Bonchev–Trinajstić information content (AvgIpc) is 2.55. The maximum absolute atomic E-state index is 12.5. The van der Waals surface area contributed by atoms with E-state index >= 15 is 0 Å². The molecule has 5 heteroatoms. The number of hydrogen-bond acceptors (Lipinski definition) is 3. The zero-order valence-corrected chi connectivity index (χ0v) is 14.2. The molecule has 1 aromatic carbocycles. The fourth-order valence-corrected chi connectivity index (χ4v) is 3.37. The fraction of sp³-hybridized carbons (Fsp3) is 0.579. The van der Waals surface area contributed by atoms with Gasteiger partial charge in [-0.2, -0.15) is 0 Å². The lowest BCUT2D eigenvalue weighted by Crippen LogP contribution is -2.57. The first-order chi connectivity index (χ1) is 11.7. The highest BCUT2D eigenvalue weighted by Gasteiger charge is 2.32. The Morgan fingerprint density at radius 1 is 1.25 bits per heavy atom. The van der Waals surface area contributed by atoms with Gasteiger partial charge in [-0.25, -0.2) is 0 Å². The zero-order chi connectivity index (χ0) is 16.8. The van der Waals surface area contributed by atoms with Gasteiger partial charge in [-0.05, 0) is 30.7 Å². The van der Waals surface area contributed by atoms with Crippen molar-refractivity contribution in [3.8, 4) is 0 Å². The summed E-state index contributed by atoms with van der Waals surface area (Å²) in [5.41, 5.74) is 1.20. The standard InChI is InChI=1S/C19H27N3O2/c23-18(21-10-9-15-5-2-1-3-6-15)13-17-19(24)22(12-11-20-17)14-16-7-4-8-16/h1-3,5-6,16-17,20H,4,7-14H2,(H,21,23). The Balaban J connectivity index is 1.40. The number of benzene rings is 1. The highest BCUT2D eigenvalue weighted by Crippen LogP contribution is 2.27.